The number of rotatable bonds is 4. The van der Waals surface area contributed by atoms with Gasteiger partial charge in [0.25, 0.3) is 0 Å². The van der Waals surface area contributed by atoms with Crippen molar-refractivity contribution in [3.8, 4) is 11.1 Å². The van der Waals surface area contributed by atoms with Gasteiger partial charge in [0.15, 0.2) is 0 Å². The highest BCUT2D eigenvalue weighted by Crippen LogP contribution is 2.49. The molecule has 1 aromatic heterocycles. The normalized spacial score (nSPS) is 28.5. The van der Waals surface area contributed by atoms with E-state index in [0.29, 0.717) is 12.0 Å². The maximum absolute atomic E-state index is 5.62. The average Bonchev–Trinajstić information content (AvgIpc) is 2.91. The van der Waals surface area contributed by atoms with E-state index in [1.54, 1.807) is 16.7 Å². The number of nitrogens with one attached hydrogen (secondary N) is 1. The van der Waals surface area contributed by atoms with Crippen LogP contribution in [0.15, 0.2) is 30.5 Å². The molecule has 190 valence electrons. The largest absolute Gasteiger partial charge is 0.381 e. The molecule has 0 amide bonds. The standard InChI is InChI=1S/C32H41N3O/c1-21-14-23-5-6-28(23)32-29(21)17-25(18-34-32)24-15-26-20-35(19-22-8-12-36-13-9-22)11-7-27(26)30(16-24)31-4-2-3-10-33-31/h14-18,22-23,28,31,33H,2-13,19-20H2,1H3/t23?,28?,31-/m0/s1. The Hall–Kier alpha value is -2.01. The molecule has 3 atom stereocenters. The van der Waals surface area contributed by atoms with E-state index in [4.69, 9.17) is 9.72 Å². The van der Waals surface area contributed by atoms with Crippen molar-refractivity contribution in [3.05, 3.63) is 58.4 Å². The second-order valence-corrected chi connectivity index (χ2v) is 12.1. The predicted octanol–water partition coefficient (Wildman–Crippen LogP) is 6.26. The molecule has 36 heavy (non-hydrogen) atoms. The lowest BCUT2D eigenvalue weighted by atomic mass is 9.66. The number of hydrogen-bond acceptors (Lipinski definition) is 4. The molecule has 4 heterocycles. The molecule has 1 N–H and O–H groups in total. The Morgan fingerprint density at radius 2 is 1.94 bits per heavy atom. The van der Waals surface area contributed by atoms with Crippen LogP contribution in [0.3, 0.4) is 0 Å². The van der Waals surface area contributed by atoms with Crippen molar-refractivity contribution in [2.75, 3.05) is 32.8 Å². The predicted molar refractivity (Wildman–Crippen MR) is 146 cm³/mol. The van der Waals surface area contributed by atoms with Crippen molar-refractivity contribution >= 4 is 5.57 Å². The molecule has 3 fully saturated rings. The molecule has 2 aromatic rings. The van der Waals surface area contributed by atoms with Gasteiger partial charge in [0, 0.05) is 56.6 Å². The van der Waals surface area contributed by atoms with Crippen LogP contribution < -0.4 is 5.32 Å². The summed E-state index contributed by atoms with van der Waals surface area (Å²) >= 11 is 0. The summed E-state index contributed by atoms with van der Waals surface area (Å²) in [6, 6.07) is 7.98. The minimum absolute atomic E-state index is 0.498. The van der Waals surface area contributed by atoms with Crippen molar-refractivity contribution in [1.29, 1.82) is 0 Å². The summed E-state index contributed by atoms with van der Waals surface area (Å²) in [5.41, 5.74) is 11.6. The van der Waals surface area contributed by atoms with Gasteiger partial charge in [0.1, 0.15) is 0 Å². The zero-order valence-electron chi connectivity index (χ0n) is 21.9. The monoisotopic (exact) mass is 483 g/mol. The number of benzene rings is 1. The average molecular weight is 484 g/mol. The summed E-state index contributed by atoms with van der Waals surface area (Å²) in [6.45, 7) is 8.81. The molecule has 2 unspecified atom stereocenters. The summed E-state index contributed by atoms with van der Waals surface area (Å²) in [4.78, 5) is 7.81. The van der Waals surface area contributed by atoms with Crippen LogP contribution >= 0.6 is 0 Å². The fraction of sp³-hybridized carbons (Fsp3) is 0.594. The molecule has 5 aliphatic rings. The Bertz CT molecular complexity index is 1160. The summed E-state index contributed by atoms with van der Waals surface area (Å²) in [6.07, 6.45) is 14.8. The number of allylic oxidation sites excluding steroid dienone is 2. The van der Waals surface area contributed by atoms with Crippen molar-refractivity contribution < 1.29 is 4.74 Å². The van der Waals surface area contributed by atoms with E-state index < -0.39 is 0 Å². The summed E-state index contributed by atoms with van der Waals surface area (Å²) in [5.74, 6) is 2.17. The third-order valence-electron chi connectivity index (χ3n) is 9.81. The van der Waals surface area contributed by atoms with Gasteiger partial charge in [-0.05, 0) is 122 Å². The van der Waals surface area contributed by atoms with Gasteiger partial charge in [-0.3, -0.25) is 9.88 Å². The molecule has 0 bridgehead atoms. The third kappa shape index (κ3) is 4.25. The lowest BCUT2D eigenvalue weighted by molar-refractivity contribution is 0.0506. The van der Waals surface area contributed by atoms with E-state index >= 15 is 0 Å². The molecule has 4 nitrogen and oxygen atoms in total. The van der Waals surface area contributed by atoms with Crippen molar-refractivity contribution in [1.82, 2.24) is 15.2 Å². The van der Waals surface area contributed by atoms with E-state index in [0.717, 1.165) is 38.1 Å². The molecule has 1 aromatic carbocycles. The Balaban J connectivity index is 1.24. The highest BCUT2D eigenvalue weighted by atomic mass is 16.5. The minimum Gasteiger partial charge on any atom is -0.381 e. The first-order valence-corrected chi connectivity index (χ1v) is 14.6. The summed E-state index contributed by atoms with van der Waals surface area (Å²) < 4.78 is 5.62. The lowest BCUT2D eigenvalue weighted by Gasteiger charge is -2.39. The van der Waals surface area contributed by atoms with E-state index in [-0.39, 0.29) is 0 Å². The molecule has 2 aliphatic carbocycles. The quantitative estimate of drug-likeness (QED) is 0.557. The minimum atomic E-state index is 0.498. The highest BCUT2D eigenvalue weighted by Gasteiger charge is 2.36. The number of nitrogens with zero attached hydrogens (tertiary/aromatic N) is 2. The maximum Gasteiger partial charge on any atom is 0.0515 e. The van der Waals surface area contributed by atoms with Crippen LogP contribution in [-0.4, -0.2) is 42.7 Å². The first-order chi connectivity index (χ1) is 17.7. The second kappa shape index (κ2) is 9.70. The first-order valence-electron chi connectivity index (χ1n) is 14.6. The lowest BCUT2D eigenvalue weighted by Crippen LogP contribution is -2.37. The molecule has 1 saturated carbocycles. The number of aromatic nitrogens is 1. The Morgan fingerprint density at radius 1 is 1.03 bits per heavy atom. The molecular formula is C32H41N3O. The molecule has 4 heteroatoms. The molecule has 0 spiro atoms. The van der Waals surface area contributed by atoms with Crippen LogP contribution in [0.1, 0.15) is 91.8 Å². The number of piperidine rings is 1. The molecule has 2 saturated heterocycles. The first kappa shape index (κ1) is 23.1. The third-order valence-corrected chi connectivity index (χ3v) is 9.81. The second-order valence-electron chi connectivity index (χ2n) is 12.1. The Kier molecular flexibility index (Phi) is 6.23. The summed E-state index contributed by atoms with van der Waals surface area (Å²) in [5, 5.41) is 3.86. The van der Waals surface area contributed by atoms with E-state index in [1.165, 1.54) is 92.4 Å². The van der Waals surface area contributed by atoms with Crippen molar-refractivity contribution in [3.63, 3.8) is 0 Å². The van der Waals surface area contributed by atoms with Crippen LogP contribution in [0.25, 0.3) is 16.7 Å². The van der Waals surface area contributed by atoms with Crippen LogP contribution in [0.5, 0.6) is 0 Å². The van der Waals surface area contributed by atoms with Crippen molar-refractivity contribution in [2.24, 2.45) is 11.8 Å². The topological polar surface area (TPSA) is 37.4 Å². The van der Waals surface area contributed by atoms with E-state index in [1.807, 2.05) is 0 Å². The van der Waals surface area contributed by atoms with Gasteiger partial charge in [-0.1, -0.05) is 12.5 Å². The van der Waals surface area contributed by atoms with Crippen LogP contribution in [-0.2, 0) is 17.7 Å². The van der Waals surface area contributed by atoms with Gasteiger partial charge in [-0.25, -0.2) is 0 Å². The Labute approximate surface area is 216 Å². The van der Waals surface area contributed by atoms with Crippen LogP contribution in [0.4, 0.5) is 0 Å². The highest BCUT2D eigenvalue weighted by molar-refractivity contribution is 5.75. The maximum atomic E-state index is 5.62. The summed E-state index contributed by atoms with van der Waals surface area (Å²) in [7, 11) is 0. The van der Waals surface area contributed by atoms with Crippen molar-refractivity contribution in [2.45, 2.75) is 76.8 Å². The van der Waals surface area contributed by atoms with Gasteiger partial charge in [-0.15, -0.1) is 0 Å². The van der Waals surface area contributed by atoms with Gasteiger partial charge in [0.2, 0.25) is 0 Å². The smallest absolute Gasteiger partial charge is 0.0515 e. The van der Waals surface area contributed by atoms with Gasteiger partial charge >= 0.3 is 0 Å². The van der Waals surface area contributed by atoms with Gasteiger partial charge < -0.3 is 10.1 Å². The van der Waals surface area contributed by atoms with Gasteiger partial charge in [0.05, 0.1) is 5.69 Å². The Morgan fingerprint density at radius 3 is 2.75 bits per heavy atom. The molecule has 7 rings (SSSR count). The van der Waals surface area contributed by atoms with E-state index in [2.05, 4.69) is 47.6 Å². The zero-order valence-corrected chi connectivity index (χ0v) is 21.9. The molecule has 0 radical (unpaired) electrons. The zero-order chi connectivity index (χ0) is 24.1. The fourth-order valence-electron chi connectivity index (χ4n) is 7.56. The number of ether oxygens (including phenoxy) is 1. The number of hydrogen-bond donors (Lipinski definition) is 1. The van der Waals surface area contributed by atoms with Crippen LogP contribution in [0, 0.1) is 11.8 Å². The SMILES string of the molecule is CC1=CC2CCC2c2ncc(-c3cc4c(c([C@@H]5CCCCN5)c3)CCN(CC3CCOCC3)C4)cc21. The fourth-order valence-corrected chi connectivity index (χ4v) is 7.56. The van der Waals surface area contributed by atoms with E-state index in [9.17, 15) is 0 Å². The van der Waals surface area contributed by atoms with Crippen LogP contribution in [0.2, 0.25) is 0 Å². The number of fused-ring (bicyclic) bond motifs is 4. The molecule has 3 aliphatic heterocycles. The number of pyridine rings is 1. The molecular weight excluding hydrogens is 442 g/mol. The van der Waals surface area contributed by atoms with Gasteiger partial charge in [-0.2, -0.15) is 0 Å².